The first-order valence-corrected chi connectivity index (χ1v) is 3.88. The molecule has 0 unspecified atom stereocenters. The first-order chi connectivity index (χ1) is 6.50. The second-order valence-electron chi connectivity index (χ2n) is 2.37. The Balaban J connectivity index is 3.14. The fourth-order valence-electron chi connectivity index (χ4n) is 0.827. The molecule has 0 spiro atoms. The third-order valence-electron chi connectivity index (χ3n) is 1.34. The summed E-state index contributed by atoms with van der Waals surface area (Å²) >= 11 is 4.92. The molecular weight excluding hydrogens is 212 g/mol. The van der Waals surface area contributed by atoms with E-state index in [0.29, 0.717) is 5.69 Å². The van der Waals surface area contributed by atoms with Crippen molar-refractivity contribution in [3.63, 3.8) is 0 Å². The first kappa shape index (κ1) is 10.4. The monoisotopic (exact) mass is 216 g/mol. The third kappa shape index (κ3) is 2.40. The molecule has 1 aromatic heterocycles. The van der Waals surface area contributed by atoms with E-state index in [2.05, 4.69) is 9.72 Å². The largest absolute Gasteiger partial charge is 0.409 e. The number of rotatable bonds is 2. The van der Waals surface area contributed by atoms with Gasteiger partial charge in [0.2, 0.25) is 5.75 Å². The molecule has 7 heteroatoms. The van der Waals surface area contributed by atoms with Crippen LogP contribution in [0.4, 0.5) is 10.6 Å². The zero-order valence-corrected chi connectivity index (χ0v) is 7.82. The number of hydrogen-bond acceptors (Lipinski definition) is 5. The van der Waals surface area contributed by atoms with Gasteiger partial charge in [0, 0.05) is 18.5 Å². The van der Waals surface area contributed by atoms with E-state index in [9.17, 15) is 14.9 Å². The van der Waals surface area contributed by atoms with Crippen LogP contribution in [0.3, 0.4) is 0 Å². The second kappa shape index (κ2) is 4.01. The summed E-state index contributed by atoms with van der Waals surface area (Å²) in [6.45, 7) is 1.58. The lowest BCUT2D eigenvalue weighted by Gasteiger charge is -2.00. The van der Waals surface area contributed by atoms with E-state index in [1.54, 1.807) is 6.92 Å². The highest BCUT2D eigenvalue weighted by Crippen LogP contribution is 2.24. The van der Waals surface area contributed by atoms with Gasteiger partial charge in [0.05, 0.1) is 0 Å². The van der Waals surface area contributed by atoms with Crippen molar-refractivity contribution in [1.82, 2.24) is 4.98 Å². The minimum atomic E-state index is -1.14. The topological polar surface area (TPSA) is 82.3 Å². The molecule has 0 bridgehead atoms. The summed E-state index contributed by atoms with van der Waals surface area (Å²) in [6, 6.07) is 2.74. The predicted molar refractivity (Wildman–Crippen MR) is 47.5 cm³/mol. The summed E-state index contributed by atoms with van der Waals surface area (Å²) in [5.74, 6) is -0.792. The number of aryl methyl sites for hydroxylation is 1. The lowest BCUT2D eigenvalue weighted by molar-refractivity contribution is -0.390. The third-order valence-corrected chi connectivity index (χ3v) is 1.42. The molecule has 0 amide bonds. The van der Waals surface area contributed by atoms with Crippen LogP contribution in [-0.2, 0) is 0 Å². The van der Waals surface area contributed by atoms with Gasteiger partial charge in [-0.1, -0.05) is 0 Å². The molecule has 0 N–H and O–H groups in total. The average Bonchev–Trinajstić information content (AvgIpc) is 2.07. The van der Waals surface area contributed by atoms with Gasteiger partial charge in [0.1, 0.15) is 5.69 Å². The van der Waals surface area contributed by atoms with Crippen molar-refractivity contribution in [3.8, 4) is 5.75 Å². The van der Waals surface area contributed by atoms with Crippen molar-refractivity contribution in [2.24, 2.45) is 0 Å². The molecule has 74 valence electrons. The predicted octanol–water partition coefficient (Wildman–Crippen LogP) is 2.04. The van der Waals surface area contributed by atoms with E-state index in [1.807, 2.05) is 0 Å². The Kier molecular flexibility index (Phi) is 2.98. The summed E-state index contributed by atoms with van der Waals surface area (Å²) in [6.07, 6.45) is 0. The Labute approximate surface area is 83.6 Å². The van der Waals surface area contributed by atoms with E-state index in [1.165, 1.54) is 12.1 Å². The maximum absolute atomic E-state index is 10.5. The van der Waals surface area contributed by atoms with Gasteiger partial charge in [-0.05, 0) is 22.0 Å². The number of halogens is 1. The quantitative estimate of drug-likeness (QED) is 0.429. The standard InChI is InChI=1S/C7H5ClN2O4/c1-4-2-3-5(14-7(8)11)6(9-4)10(12)13/h2-3H,1H3. The molecule has 1 aromatic rings. The Morgan fingerprint density at radius 3 is 2.79 bits per heavy atom. The Morgan fingerprint density at radius 2 is 2.29 bits per heavy atom. The number of carbonyl (C=O) groups excluding carboxylic acids is 1. The number of ether oxygens (including phenoxy) is 1. The molecule has 0 aliphatic heterocycles. The van der Waals surface area contributed by atoms with Crippen molar-refractivity contribution in [2.75, 3.05) is 0 Å². The summed E-state index contributed by atoms with van der Waals surface area (Å²) in [5, 5.41) is 10.5. The van der Waals surface area contributed by atoms with Gasteiger partial charge >= 0.3 is 11.2 Å². The molecule has 0 atom stereocenters. The fraction of sp³-hybridized carbons (Fsp3) is 0.143. The minimum Gasteiger partial charge on any atom is -0.405 e. The molecule has 0 aromatic carbocycles. The van der Waals surface area contributed by atoms with Crippen LogP contribution in [0.5, 0.6) is 5.75 Å². The highest BCUT2D eigenvalue weighted by molar-refractivity contribution is 6.61. The van der Waals surface area contributed by atoms with Crippen LogP contribution in [0, 0.1) is 17.0 Å². The van der Waals surface area contributed by atoms with Crippen LogP contribution < -0.4 is 4.74 Å². The molecule has 0 fully saturated rings. The van der Waals surface area contributed by atoms with Crippen LogP contribution in [-0.4, -0.2) is 15.3 Å². The van der Waals surface area contributed by atoms with Gasteiger partial charge in [-0.25, -0.2) is 4.79 Å². The number of nitrogens with zero attached hydrogens (tertiary/aromatic N) is 2. The van der Waals surface area contributed by atoms with Crippen molar-refractivity contribution in [1.29, 1.82) is 0 Å². The zero-order chi connectivity index (χ0) is 10.7. The molecule has 6 nitrogen and oxygen atoms in total. The Morgan fingerprint density at radius 1 is 1.64 bits per heavy atom. The van der Waals surface area contributed by atoms with Gasteiger partial charge < -0.3 is 14.9 Å². The summed E-state index contributed by atoms with van der Waals surface area (Å²) in [5.41, 5.74) is -0.690. The molecule has 14 heavy (non-hydrogen) atoms. The molecule has 0 radical (unpaired) electrons. The molecule has 0 saturated carbocycles. The fourth-order valence-corrected chi connectivity index (χ4v) is 0.910. The van der Waals surface area contributed by atoms with Gasteiger partial charge in [-0.15, -0.1) is 0 Å². The molecule has 0 aliphatic rings. The Bertz CT molecular complexity index is 393. The number of carbonyl (C=O) groups is 1. The van der Waals surface area contributed by atoms with Crippen molar-refractivity contribution in [3.05, 3.63) is 27.9 Å². The van der Waals surface area contributed by atoms with Crippen LogP contribution >= 0.6 is 11.6 Å². The van der Waals surface area contributed by atoms with Crippen molar-refractivity contribution >= 4 is 22.8 Å². The van der Waals surface area contributed by atoms with Crippen LogP contribution in [0.15, 0.2) is 12.1 Å². The summed E-state index contributed by atoms with van der Waals surface area (Å²) in [4.78, 5) is 23.7. The van der Waals surface area contributed by atoms with Gasteiger partial charge in [0.25, 0.3) is 0 Å². The van der Waals surface area contributed by atoms with Crippen molar-refractivity contribution < 1.29 is 14.5 Å². The second-order valence-corrected chi connectivity index (χ2v) is 2.68. The van der Waals surface area contributed by atoms with E-state index < -0.39 is 16.2 Å². The van der Waals surface area contributed by atoms with Gasteiger partial charge in [0.15, 0.2) is 0 Å². The highest BCUT2D eigenvalue weighted by atomic mass is 35.5. The highest BCUT2D eigenvalue weighted by Gasteiger charge is 2.19. The normalized spacial score (nSPS) is 9.57. The van der Waals surface area contributed by atoms with E-state index in [-0.39, 0.29) is 5.75 Å². The van der Waals surface area contributed by atoms with Crippen LogP contribution in [0.1, 0.15) is 5.69 Å². The number of nitro groups is 1. The zero-order valence-electron chi connectivity index (χ0n) is 7.06. The number of hydrogen-bond donors (Lipinski definition) is 0. The van der Waals surface area contributed by atoms with Crippen LogP contribution in [0.2, 0.25) is 0 Å². The number of pyridine rings is 1. The minimum absolute atomic E-state index is 0.263. The molecule has 0 saturated heterocycles. The van der Waals surface area contributed by atoms with Crippen molar-refractivity contribution in [2.45, 2.75) is 6.92 Å². The van der Waals surface area contributed by atoms with E-state index in [0.717, 1.165) is 0 Å². The lowest BCUT2D eigenvalue weighted by atomic mass is 10.3. The van der Waals surface area contributed by atoms with Gasteiger partial charge in [-0.2, -0.15) is 0 Å². The average molecular weight is 217 g/mol. The maximum Gasteiger partial charge on any atom is 0.409 e. The smallest absolute Gasteiger partial charge is 0.405 e. The summed E-state index contributed by atoms with van der Waals surface area (Å²) in [7, 11) is 0. The van der Waals surface area contributed by atoms with E-state index in [4.69, 9.17) is 11.6 Å². The van der Waals surface area contributed by atoms with Crippen LogP contribution in [0.25, 0.3) is 0 Å². The molecule has 1 rings (SSSR count). The molecular formula is C7H5ClN2O4. The lowest BCUT2D eigenvalue weighted by Crippen LogP contribution is -2.02. The van der Waals surface area contributed by atoms with Gasteiger partial charge in [-0.3, -0.25) is 0 Å². The Hall–Kier alpha value is -1.69. The maximum atomic E-state index is 10.5. The number of aromatic nitrogens is 1. The summed E-state index contributed by atoms with van der Waals surface area (Å²) < 4.78 is 4.38. The SMILES string of the molecule is Cc1ccc(OC(=O)Cl)c([N+](=O)[O-])n1. The molecule has 1 heterocycles. The van der Waals surface area contributed by atoms with E-state index >= 15 is 0 Å². The molecule has 0 aliphatic carbocycles. The first-order valence-electron chi connectivity index (χ1n) is 3.50.